The molecule has 286 valence electrons. The van der Waals surface area contributed by atoms with Gasteiger partial charge in [0.25, 0.3) is 0 Å². The van der Waals surface area contributed by atoms with Crippen molar-refractivity contribution >= 4 is 38.3 Å². The second-order valence-corrected chi connectivity index (χ2v) is 11.7. The summed E-state index contributed by atoms with van der Waals surface area (Å²) >= 11 is 0. The molecule has 0 amide bonds. The number of hydrogen-bond acceptors (Lipinski definition) is 4. The third kappa shape index (κ3) is 5.92. The van der Waals surface area contributed by atoms with Crippen molar-refractivity contribution in [1.82, 2.24) is 4.98 Å². The number of carbonyl (C=O) groups is 1. The van der Waals surface area contributed by atoms with Crippen molar-refractivity contribution in [3.05, 3.63) is 90.3 Å². The standard InChI is InChI=1S/C33H19F16NO3/c34-26(35,15-52-14-21-7-6-19-5-4-17-2-1-3-18-8-9-22(21)24(19)23(17)18)28(38,39)30(42,43)32(46,47)33(48,49)31(44,45)29(40,41)27(36,37)16-53-25(51)20-10-12-50-13-11-20/h1-13H,14-16H2. The van der Waals surface area contributed by atoms with E-state index in [2.05, 4.69) is 14.5 Å². The van der Waals surface area contributed by atoms with Crippen molar-refractivity contribution < 1.29 is 84.5 Å². The Morgan fingerprint density at radius 2 is 0.943 bits per heavy atom. The van der Waals surface area contributed by atoms with E-state index in [-0.39, 0.29) is 10.9 Å². The molecule has 5 rings (SSSR count). The third-order valence-electron chi connectivity index (χ3n) is 8.35. The van der Waals surface area contributed by atoms with Crippen LogP contribution in [0.15, 0.2) is 79.1 Å². The molecule has 1 aromatic heterocycles. The lowest BCUT2D eigenvalue weighted by Gasteiger charge is -2.43. The molecule has 4 aromatic carbocycles. The van der Waals surface area contributed by atoms with Gasteiger partial charge in [0.15, 0.2) is 6.61 Å². The van der Waals surface area contributed by atoms with E-state index in [1.165, 1.54) is 18.2 Å². The van der Waals surface area contributed by atoms with E-state index >= 15 is 0 Å². The van der Waals surface area contributed by atoms with Gasteiger partial charge in [0.1, 0.15) is 6.61 Å². The van der Waals surface area contributed by atoms with Gasteiger partial charge in [-0.25, -0.2) is 4.79 Å². The average Bonchev–Trinajstić information content (AvgIpc) is 3.09. The Morgan fingerprint density at radius 3 is 1.47 bits per heavy atom. The topological polar surface area (TPSA) is 48.4 Å². The summed E-state index contributed by atoms with van der Waals surface area (Å²) in [5.41, 5.74) is -0.807. The number of carbonyl (C=O) groups excluding carboxylic acids is 1. The van der Waals surface area contributed by atoms with Crippen LogP contribution in [-0.2, 0) is 16.1 Å². The van der Waals surface area contributed by atoms with E-state index in [0.29, 0.717) is 39.1 Å². The van der Waals surface area contributed by atoms with Gasteiger partial charge < -0.3 is 9.47 Å². The highest BCUT2D eigenvalue weighted by molar-refractivity contribution is 6.23. The molecule has 1 heterocycles. The first-order valence-electron chi connectivity index (χ1n) is 14.6. The molecule has 0 aliphatic heterocycles. The molecule has 0 radical (unpaired) electrons. The van der Waals surface area contributed by atoms with Crippen molar-refractivity contribution in [2.45, 2.75) is 54.0 Å². The van der Waals surface area contributed by atoms with E-state index in [4.69, 9.17) is 0 Å². The summed E-state index contributed by atoms with van der Waals surface area (Å²) in [5, 5.41) is 3.46. The summed E-state index contributed by atoms with van der Waals surface area (Å²) in [6, 6.07) is 15.6. The monoisotopic (exact) mass is 781 g/mol. The van der Waals surface area contributed by atoms with Crippen LogP contribution in [0.3, 0.4) is 0 Å². The molecule has 4 nitrogen and oxygen atoms in total. The van der Waals surface area contributed by atoms with Gasteiger partial charge in [-0.05, 0) is 50.0 Å². The molecule has 0 fully saturated rings. The first kappa shape index (κ1) is 39.6. The molecule has 5 aromatic rings. The van der Waals surface area contributed by atoms with Crippen molar-refractivity contribution in [3.8, 4) is 0 Å². The summed E-state index contributed by atoms with van der Waals surface area (Å²) in [7, 11) is 0. The number of aromatic nitrogens is 1. The second-order valence-electron chi connectivity index (χ2n) is 11.7. The van der Waals surface area contributed by atoms with Gasteiger partial charge in [-0.1, -0.05) is 54.6 Å². The van der Waals surface area contributed by atoms with Crippen LogP contribution in [-0.4, -0.2) is 71.5 Å². The number of rotatable bonds is 14. The maximum Gasteiger partial charge on any atom is 0.385 e. The Bertz CT molecular complexity index is 2110. The number of alkyl halides is 16. The van der Waals surface area contributed by atoms with Crippen molar-refractivity contribution in [3.63, 3.8) is 0 Å². The SMILES string of the molecule is O=C(OCC(F)(F)C(F)(F)C(F)(F)C(F)(F)C(F)(F)C(F)(F)C(F)(F)C(F)(F)COCc1ccc2ccc3cccc4ccc1c2c34)c1ccncc1. The Morgan fingerprint density at radius 1 is 0.509 bits per heavy atom. The maximum atomic E-state index is 14.6. The molecule has 0 N–H and O–H groups in total. The highest BCUT2D eigenvalue weighted by atomic mass is 19.4. The van der Waals surface area contributed by atoms with Gasteiger partial charge >= 0.3 is 53.3 Å². The molecule has 0 saturated heterocycles. The zero-order chi connectivity index (χ0) is 39.6. The molecule has 0 spiro atoms. The molecular weight excluding hydrogens is 762 g/mol. The molecule has 20 heteroatoms. The first-order chi connectivity index (χ1) is 24.3. The Hall–Kier alpha value is -4.62. The van der Waals surface area contributed by atoms with E-state index < -0.39 is 78.7 Å². The van der Waals surface area contributed by atoms with Crippen LogP contribution < -0.4 is 0 Å². The number of esters is 1. The lowest BCUT2D eigenvalue weighted by molar-refractivity contribution is -0.455. The molecule has 0 bridgehead atoms. The fourth-order valence-electron chi connectivity index (χ4n) is 5.37. The molecule has 0 aliphatic carbocycles. The number of halogens is 16. The summed E-state index contributed by atoms with van der Waals surface area (Å²) in [5.74, 6) is -65.1. The van der Waals surface area contributed by atoms with Crippen LogP contribution >= 0.6 is 0 Å². The summed E-state index contributed by atoms with van der Waals surface area (Å²) in [6.45, 7) is -7.35. The smallest absolute Gasteiger partial charge is 0.385 e. The fraction of sp³-hybridized carbons (Fsp3) is 0.333. The van der Waals surface area contributed by atoms with Crippen LogP contribution in [0.25, 0.3) is 32.3 Å². The Balaban J connectivity index is 1.36. The van der Waals surface area contributed by atoms with Crippen LogP contribution in [0.4, 0.5) is 70.2 Å². The second kappa shape index (κ2) is 12.8. The lowest BCUT2D eigenvalue weighted by Crippen LogP contribution is -2.75. The van der Waals surface area contributed by atoms with Crippen LogP contribution in [0.2, 0.25) is 0 Å². The summed E-state index contributed by atoms with van der Waals surface area (Å²) in [6.07, 6.45) is 1.61. The fourth-order valence-corrected chi connectivity index (χ4v) is 5.37. The number of pyridine rings is 1. The molecule has 0 aliphatic rings. The minimum Gasteiger partial charge on any atom is -0.455 e. The van der Waals surface area contributed by atoms with Gasteiger partial charge in [-0.15, -0.1) is 0 Å². The van der Waals surface area contributed by atoms with Crippen LogP contribution in [0.5, 0.6) is 0 Å². The Kier molecular flexibility index (Phi) is 9.53. The third-order valence-corrected chi connectivity index (χ3v) is 8.35. The highest BCUT2D eigenvalue weighted by Gasteiger charge is 2.94. The van der Waals surface area contributed by atoms with Crippen LogP contribution in [0.1, 0.15) is 15.9 Å². The van der Waals surface area contributed by atoms with Crippen LogP contribution in [0, 0.1) is 0 Å². The molecule has 0 atom stereocenters. The van der Waals surface area contributed by atoms with Gasteiger partial charge in [-0.2, -0.15) is 70.2 Å². The zero-order valence-electron chi connectivity index (χ0n) is 25.8. The summed E-state index contributed by atoms with van der Waals surface area (Å²) < 4.78 is 238. The highest BCUT2D eigenvalue weighted by Crippen LogP contribution is 2.64. The minimum atomic E-state index is -8.62. The molecule has 0 saturated carbocycles. The molecule has 53 heavy (non-hydrogen) atoms. The quantitative estimate of drug-likeness (QED) is 0.0640. The Labute approximate surface area is 285 Å². The lowest BCUT2D eigenvalue weighted by atomic mass is 9.87. The molecular formula is C33H19F16NO3. The maximum absolute atomic E-state index is 14.6. The van der Waals surface area contributed by atoms with Gasteiger partial charge in [0, 0.05) is 12.4 Å². The summed E-state index contributed by atoms with van der Waals surface area (Å²) in [4.78, 5) is 15.1. The first-order valence-corrected chi connectivity index (χ1v) is 14.6. The predicted octanol–water partition coefficient (Wildman–Crippen LogP) is 10.4. The number of hydrogen-bond donors (Lipinski definition) is 0. The average molecular weight is 781 g/mol. The number of ether oxygens (including phenoxy) is 2. The predicted molar refractivity (Wildman–Crippen MR) is 154 cm³/mol. The van der Waals surface area contributed by atoms with Crippen molar-refractivity contribution in [1.29, 1.82) is 0 Å². The van der Waals surface area contributed by atoms with E-state index in [1.54, 1.807) is 36.4 Å². The normalized spacial score (nSPS) is 14.4. The zero-order valence-corrected chi connectivity index (χ0v) is 25.8. The van der Waals surface area contributed by atoms with Gasteiger partial charge in [0.2, 0.25) is 0 Å². The number of nitrogens with zero attached hydrogens (tertiary/aromatic N) is 1. The van der Waals surface area contributed by atoms with Crippen molar-refractivity contribution in [2.75, 3.05) is 13.2 Å². The minimum absolute atomic E-state index is 0.0484. The van der Waals surface area contributed by atoms with E-state index in [1.807, 2.05) is 0 Å². The van der Waals surface area contributed by atoms with E-state index in [0.717, 1.165) is 12.4 Å². The van der Waals surface area contributed by atoms with Gasteiger partial charge in [-0.3, -0.25) is 4.98 Å². The largest absolute Gasteiger partial charge is 0.455 e. The molecule has 0 unspecified atom stereocenters. The van der Waals surface area contributed by atoms with Crippen molar-refractivity contribution in [2.24, 2.45) is 0 Å². The number of benzene rings is 4. The van der Waals surface area contributed by atoms with E-state index in [9.17, 15) is 75.0 Å². The van der Waals surface area contributed by atoms with Gasteiger partial charge in [0.05, 0.1) is 12.2 Å².